The van der Waals surface area contributed by atoms with Crippen LogP contribution >= 0.6 is 0 Å². The normalized spacial score (nSPS) is 8.92. The van der Waals surface area contributed by atoms with Crippen molar-refractivity contribution in [1.29, 1.82) is 0 Å². The third-order valence-corrected chi connectivity index (χ3v) is 1.60. The largest absolute Gasteiger partial charge is 0.508 e. The molecule has 0 radical (unpaired) electrons. The number of benzene rings is 1. The maximum absolute atomic E-state index is 10.2. The molecule has 0 saturated carbocycles. The van der Waals surface area contributed by atoms with E-state index in [-0.39, 0.29) is 17.6 Å². The standard InChI is InChI=1S/C9H10O3.H2O/c10-8-4-2-1-3-7(8)5-6-9(11)12;/h1-4,10H,5-6H2,(H,11,12);1H2. The number of carboxylic acid groups (broad SMARTS) is 1. The number of aliphatic carboxylic acids is 1. The molecule has 0 fully saturated rings. The molecule has 0 aliphatic rings. The van der Waals surface area contributed by atoms with Gasteiger partial charge in [0.15, 0.2) is 0 Å². The van der Waals surface area contributed by atoms with Gasteiger partial charge >= 0.3 is 5.97 Å². The number of hydrogen-bond donors (Lipinski definition) is 2. The van der Waals surface area contributed by atoms with Crippen molar-refractivity contribution in [3.8, 4) is 5.75 Å². The van der Waals surface area contributed by atoms with E-state index in [1.807, 2.05) is 0 Å². The molecular formula is C9H12O4. The summed E-state index contributed by atoms with van der Waals surface area (Å²) in [5, 5.41) is 17.6. The minimum Gasteiger partial charge on any atom is -0.508 e. The molecule has 4 heteroatoms. The first-order chi connectivity index (χ1) is 5.70. The Morgan fingerprint density at radius 3 is 2.46 bits per heavy atom. The Bertz CT molecular complexity index is 283. The zero-order valence-electron chi connectivity index (χ0n) is 7.03. The van der Waals surface area contributed by atoms with Gasteiger partial charge in [-0.25, -0.2) is 0 Å². The maximum atomic E-state index is 10.2. The van der Waals surface area contributed by atoms with Gasteiger partial charge in [-0.2, -0.15) is 0 Å². The molecule has 0 amide bonds. The van der Waals surface area contributed by atoms with Gasteiger partial charge in [0.25, 0.3) is 0 Å². The number of rotatable bonds is 3. The van der Waals surface area contributed by atoms with E-state index in [4.69, 9.17) is 5.11 Å². The van der Waals surface area contributed by atoms with Gasteiger partial charge in [0.2, 0.25) is 0 Å². The van der Waals surface area contributed by atoms with Crippen LogP contribution in [-0.2, 0) is 11.2 Å². The van der Waals surface area contributed by atoms with Crippen LogP contribution < -0.4 is 0 Å². The average molecular weight is 184 g/mol. The number of para-hydroxylation sites is 1. The lowest BCUT2D eigenvalue weighted by atomic mass is 10.1. The van der Waals surface area contributed by atoms with Crippen LogP contribution in [0.2, 0.25) is 0 Å². The van der Waals surface area contributed by atoms with Crippen molar-refractivity contribution in [1.82, 2.24) is 0 Å². The van der Waals surface area contributed by atoms with Gasteiger partial charge in [0, 0.05) is 6.42 Å². The van der Waals surface area contributed by atoms with Crippen molar-refractivity contribution >= 4 is 5.97 Å². The lowest BCUT2D eigenvalue weighted by Crippen LogP contribution is -1.97. The number of phenols is 1. The van der Waals surface area contributed by atoms with E-state index in [1.165, 1.54) is 0 Å². The SMILES string of the molecule is O.O=C(O)CCc1ccccc1O. The highest BCUT2D eigenvalue weighted by Gasteiger charge is 2.02. The van der Waals surface area contributed by atoms with Crippen molar-refractivity contribution in [2.45, 2.75) is 12.8 Å². The van der Waals surface area contributed by atoms with Crippen molar-refractivity contribution in [2.24, 2.45) is 0 Å². The van der Waals surface area contributed by atoms with Crippen molar-refractivity contribution < 1.29 is 20.5 Å². The molecule has 1 aromatic rings. The van der Waals surface area contributed by atoms with Crippen LogP contribution in [0, 0.1) is 0 Å². The smallest absolute Gasteiger partial charge is 0.303 e. The van der Waals surface area contributed by atoms with E-state index in [2.05, 4.69) is 0 Å². The number of carboxylic acids is 1. The Labute approximate surface area is 75.8 Å². The van der Waals surface area contributed by atoms with E-state index >= 15 is 0 Å². The van der Waals surface area contributed by atoms with E-state index in [1.54, 1.807) is 24.3 Å². The molecule has 0 aromatic heterocycles. The molecule has 0 bridgehead atoms. The summed E-state index contributed by atoms with van der Waals surface area (Å²) in [5.41, 5.74) is 0.680. The lowest BCUT2D eigenvalue weighted by Gasteiger charge is -2.00. The Hall–Kier alpha value is -1.55. The molecule has 0 spiro atoms. The summed E-state index contributed by atoms with van der Waals surface area (Å²) in [6.07, 6.45) is 0.430. The van der Waals surface area contributed by atoms with E-state index < -0.39 is 5.97 Å². The monoisotopic (exact) mass is 184 g/mol. The molecule has 0 saturated heterocycles. The summed E-state index contributed by atoms with van der Waals surface area (Å²) in [5.74, 6) is -0.683. The molecule has 1 rings (SSSR count). The number of phenolic OH excluding ortho intramolecular Hbond substituents is 1. The molecule has 1 aromatic carbocycles. The van der Waals surface area contributed by atoms with Crippen LogP contribution in [0.15, 0.2) is 24.3 Å². The fourth-order valence-corrected chi connectivity index (χ4v) is 0.964. The van der Waals surface area contributed by atoms with E-state index in [9.17, 15) is 9.90 Å². The minimum absolute atomic E-state index is 0. The second-order valence-electron chi connectivity index (χ2n) is 2.52. The fourth-order valence-electron chi connectivity index (χ4n) is 0.964. The highest BCUT2D eigenvalue weighted by Crippen LogP contribution is 2.16. The maximum Gasteiger partial charge on any atom is 0.303 e. The molecule has 0 heterocycles. The van der Waals surface area contributed by atoms with Crippen LogP contribution in [-0.4, -0.2) is 21.7 Å². The molecule has 4 nitrogen and oxygen atoms in total. The highest BCUT2D eigenvalue weighted by molar-refractivity contribution is 5.67. The molecular weight excluding hydrogens is 172 g/mol. The lowest BCUT2D eigenvalue weighted by molar-refractivity contribution is -0.136. The van der Waals surface area contributed by atoms with Crippen molar-refractivity contribution in [2.75, 3.05) is 0 Å². The first-order valence-corrected chi connectivity index (χ1v) is 3.69. The van der Waals surface area contributed by atoms with Crippen molar-refractivity contribution in [3.05, 3.63) is 29.8 Å². The van der Waals surface area contributed by atoms with E-state index in [0.29, 0.717) is 12.0 Å². The summed E-state index contributed by atoms with van der Waals surface area (Å²) in [6, 6.07) is 6.76. The quantitative estimate of drug-likeness (QED) is 0.720. The van der Waals surface area contributed by atoms with Gasteiger partial charge in [-0.15, -0.1) is 0 Å². The first-order valence-electron chi connectivity index (χ1n) is 3.69. The van der Waals surface area contributed by atoms with Gasteiger partial charge in [0.05, 0.1) is 0 Å². The van der Waals surface area contributed by atoms with Gasteiger partial charge < -0.3 is 15.7 Å². The van der Waals surface area contributed by atoms with Crippen LogP contribution in [0.3, 0.4) is 0 Å². The van der Waals surface area contributed by atoms with Crippen LogP contribution in [0.4, 0.5) is 0 Å². The Balaban J connectivity index is 0.00000144. The first kappa shape index (κ1) is 11.4. The molecule has 0 atom stereocenters. The Kier molecular flexibility index (Phi) is 4.54. The third-order valence-electron chi connectivity index (χ3n) is 1.60. The zero-order valence-corrected chi connectivity index (χ0v) is 7.03. The van der Waals surface area contributed by atoms with E-state index in [0.717, 1.165) is 0 Å². The Morgan fingerprint density at radius 2 is 1.92 bits per heavy atom. The predicted octanol–water partition coefficient (Wildman–Crippen LogP) is 0.585. The second-order valence-corrected chi connectivity index (χ2v) is 2.52. The van der Waals surface area contributed by atoms with Crippen LogP contribution in [0.5, 0.6) is 5.75 Å². The summed E-state index contributed by atoms with van der Waals surface area (Å²) in [4.78, 5) is 10.2. The summed E-state index contributed by atoms with van der Waals surface area (Å²) >= 11 is 0. The van der Waals surface area contributed by atoms with Gasteiger partial charge in [-0.05, 0) is 18.1 Å². The third kappa shape index (κ3) is 3.57. The van der Waals surface area contributed by atoms with Gasteiger partial charge in [0.1, 0.15) is 5.75 Å². The number of carbonyl (C=O) groups is 1. The number of aromatic hydroxyl groups is 1. The predicted molar refractivity (Wildman–Crippen MR) is 47.7 cm³/mol. The molecule has 0 aliphatic heterocycles. The van der Waals surface area contributed by atoms with Crippen LogP contribution in [0.25, 0.3) is 0 Å². The number of aryl methyl sites for hydroxylation is 1. The second kappa shape index (κ2) is 5.16. The zero-order chi connectivity index (χ0) is 8.97. The van der Waals surface area contributed by atoms with Gasteiger partial charge in [-0.1, -0.05) is 18.2 Å². The van der Waals surface area contributed by atoms with Gasteiger partial charge in [-0.3, -0.25) is 4.79 Å². The Morgan fingerprint density at radius 1 is 1.31 bits per heavy atom. The molecule has 4 N–H and O–H groups in total. The highest BCUT2D eigenvalue weighted by atomic mass is 16.4. The molecule has 0 unspecified atom stereocenters. The minimum atomic E-state index is -0.849. The summed E-state index contributed by atoms with van der Waals surface area (Å²) in [6.45, 7) is 0. The summed E-state index contributed by atoms with van der Waals surface area (Å²) < 4.78 is 0. The molecule has 13 heavy (non-hydrogen) atoms. The number of hydrogen-bond acceptors (Lipinski definition) is 2. The average Bonchev–Trinajstić information content (AvgIpc) is 2.03. The molecule has 0 aliphatic carbocycles. The fraction of sp³-hybridized carbons (Fsp3) is 0.222. The van der Waals surface area contributed by atoms with Crippen molar-refractivity contribution in [3.63, 3.8) is 0 Å². The molecule has 72 valence electrons. The topological polar surface area (TPSA) is 89.0 Å². The summed E-state index contributed by atoms with van der Waals surface area (Å²) in [7, 11) is 0. The van der Waals surface area contributed by atoms with Crippen LogP contribution in [0.1, 0.15) is 12.0 Å².